The molecule has 0 aliphatic carbocycles. The molecular weight excluding hydrogens is 396 g/mol. The quantitative estimate of drug-likeness (QED) is 0.372. The lowest BCUT2D eigenvalue weighted by Gasteiger charge is -2.10. The minimum Gasteiger partial charge on any atom is -0.494 e. The van der Waals surface area contributed by atoms with E-state index >= 15 is 0 Å². The second-order valence-electron chi connectivity index (χ2n) is 7.49. The molecule has 164 valence electrons. The molecule has 1 heterocycles. The third-order valence-corrected chi connectivity index (χ3v) is 6.49. The summed E-state index contributed by atoms with van der Waals surface area (Å²) in [5, 5.41) is 6.76. The van der Waals surface area contributed by atoms with Crippen molar-refractivity contribution in [2.75, 3.05) is 39.4 Å². The molecule has 1 aliphatic rings. The van der Waals surface area contributed by atoms with Gasteiger partial charge in [-0.1, -0.05) is 13.8 Å². The van der Waals surface area contributed by atoms with Crippen LogP contribution in [0.1, 0.15) is 39.5 Å². The topological polar surface area (TPSA) is 59.6 Å². The highest BCUT2D eigenvalue weighted by Gasteiger charge is 2.26. The van der Waals surface area contributed by atoms with Gasteiger partial charge in [-0.2, -0.15) is 0 Å². The number of fused-ring (bicyclic) bond motifs is 3. The third kappa shape index (κ3) is 6.06. The van der Waals surface area contributed by atoms with E-state index in [1.165, 1.54) is 0 Å². The van der Waals surface area contributed by atoms with Crippen molar-refractivity contribution >= 4 is 10.8 Å². The first-order chi connectivity index (χ1) is 14.7. The average Bonchev–Trinajstić information content (AvgIpc) is 3.04. The fraction of sp³-hybridized carbons (Fsp3) is 0.500. The van der Waals surface area contributed by atoms with Gasteiger partial charge in [0.25, 0.3) is 0 Å². The molecular formula is C24H34N2O3S. The van der Waals surface area contributed by atoms with Gasteiger partial charge >= 0.3 is 0 Å². The van der Waals surface area contributed by atoms with Crippen molar-refractivity contribution in [3.8, 4) is 22.6 Å². The summed E-state index contributed by atoms with van der Waals surface area (Å²) in [4.78, 5) is 1.70. The van der Waals surface area contributed by atoms with Gasteiger partial charge in [-0.15, -0.1) is 0 Å². The summed E-state index contributed by atoms with van der Waals surface area (Å²) in [7, 11) is -1.14. The van der Waals surface area contributed by atoms with Crippen molar-refractivity contribution in [1.29, 1.82) is 0 Å². The fourth-order valence-corrected chi connectivity index (χ4v) is 4.80. The Labute approximate surface area is 183 Å². The molecule has 0 bridgehead atoms. The van der Waals surface area contributed by atoms with E-state index in [9.17, 15) is 4.21 Å². The highest BCUT2D eigenvalue weighted by molar-refractivity contribution is 7.85. The third-order valence-electron chi connectivity index (χ3n) is 4.98. The first-order valence-electron chi connectivity index (χ1n) is 11.1. The highest BCUT2D eigenvalue weighted by atomic mass is 32.2. The number of ether oxygens (including phenoxy) is 2. The molecule has 2 aromatic rings. The summed E-state index contributed by atoms with van der Waals surface area (Å²) < 4.78 is 24.7. The summed E-state index contributed by atoms with van der Waals surface area (Å²) in [6.45, 7) is 9.66. The fourth-order valence-electron chi connectivity index (χ4n) is 3.44. The SMILES string of the molecule is CCCNCCCOc1ccc2c(c1)-c1cc(OCCCNCCC)ccc1S2=O. The summed E-state index contributed by atoms with van der Waals surface area (Å²) in [6.07, 6.45) is 4.21. The standard InChI is InChI=1S/C24H34N2O3S/c1-3-11-25-13-5-15-28-19-7-9-23-21(17-19)22-18-20(8-10-24(22)30(23)27)29-16-6-14-26-12-4-2/h7-10,17-18,25-26H,3-6,11-16H2,1-2H3. The van der Waals surface area contributed by atoms with E-state index < -0.39 is 10.8 Å². The zero-order valence-electron chi connectivity index (χ0n) is 18.2. The predicted octanol–water partition coefficient (Wildman–Crippen LogP) is 4.37. The first-order valence-corrected chi connectivity index (χ1v) is 12.3. The van der Waals surface area contributed by atoms with E-state index in [4.69, 9.17) is 9.47 Å². The van der Waals surface area contributed by atoms with Crippen LogP contribution in [-0.4, -0.2) is 43.6 Å². The molecule has 0 spiro atoms. The molecule has 0 saturated heterocycles. The molecule has 0 aromatic heterocycles. The van der Waals surface area contributed by atoms with Crippen molar-refractivity contribution in [1.82, 2.24) is 10.6 Å². The second kappa shape index (κ2) is 12.1. The van der Waals surface area contributed by atoms with Gasteiger partial charge in [0.15, 0.2) is 0 Å². The molecule has 1 aliphatic heterocycles. The van der Waals surface area contributed by atoms with E-state index in [0.29, 0.717) is 13.2 Å². The molecule has 0 unspecified atom stereocenters. The van der Waals surface area contributed by atoms with Gasteiger partial charge in [0.2, 0.25) is 0 Å². The van der Waals surface area contributed by atoms with Crippen LogP contribution >= 0.6 is 0 Å². The van der Waals surface area contributed by atoms with Gasteiger partial charge in [-0.05, 0) is 88.3 Å². The van der Waals surface area contributed by atoms with Gasteiger partial charge in [0, 0.05) is 11.1 Å². The zero-order valence-corrected chi connectivity index (χ0v) is 19.0. The van der Waals surface area contributed by atoms with Crippen LogP contribution in [-0.2, 0) is 10.8 Å². The van der Waals surface area contributed by atoms with Crippen molar-refractivity contribution in [2.24, 2.45) is 0 Å². The molecule has 30 heavy (non-hydrogen) atoms. The van der Waals surface area contributed by atoms with E-state index in [0.717, 1.165) is 84.3 Å². The van der Waals surface area contributed by atoms with Crippen molar-refractivity contribution in [3.63, 3.8) is 0 Å². The molecule has 5 nitrogen and oxygen atoms in total. The summed E-state index contributed by atoms with van der Waals surface area (Å²) in [5.74, 6) is 1.64. The number of hydrogen-bond acceptors (Lipinski definition) is 5. The van der Waals surface area contributed by atoms with E-state index in [1.54, 1.807) is 0 Å². The lowest BCUT2D eigenvalue weighted by molar-refractivity contribution is 0.307. The Morgan fingerprint density at radius 2 is 1.20 bits per heavy atom. The average molecular weight is 431 g/mol. The monoisotopic (exact) mass is 430 g/mol. The highest BCUT2D eigenvalue weighted by Crippen LogP contribution is 2.43. The van der Waals surface area contributed by atoms with Gasteiger partial charge in [-0.25, -0.2) is 4.21 Å². The Balaban J connectivity index is 1.60. The van der Waals surface area contributed by atoms with E-state index in [1.807, 2.05) is 36.4 Å². The lowest BCUT2D eigenvalue weighted by Crippen LogP contribution is -2.18. The van der Waals surface area contributed by atoms with E-state index in [-0.39, 0.29) is 0 Å². The Bertz CT molecular complexity index is 774. The predicted molar refractivity (Wildman–Crippen MR) is 123 cm³/mol. The van der Waals surface area contributed by atoms with Crippen molar-refractivity contribution in [3.05, 3.63) is 36.4 Å². The summed E-state index contributed by atoms with van der Waals surface area (Å²) >= 11 is 0. The summed E-state index contributed by atoms with van der Waals surface area (Å²) in [6, 6.07) is 11.7. The number of hydrogen-bond donors (Lipinski definition) is 2. The van der Waals surface area contributed by atoms with Gasteiger partial charge < -0.3 is 20.1 Å². The van der Waals surface area contributed by atoms with Crippen LogP contribution in [0.25, 0.3) is 11.1 Å². The minimum atomic E-state index is -1.14. The van der Waals surface area contributed by atoms with Crippen LogP contribution in [0.2, 0.25) is 0 Å². The molecule has 3 rings (SSSR count). The van der Waals surface area contributed by atoms with Crippen LogP contribution in [0, 0.1) is 0 Å². The molecule has 6 heteroatoms. The van der Waals surface area contributed by atoms with Crippen molar-refractivity contribution in [2.45, 2.75) is 49.3 Å². The Morgan fingerprint density at radius 1 is 0.733 bits per heavy atom. The largest absolute Gasteiger partial charge is 0.494 e. The Hall–Kier alpha value is -1.89. The van der Waals surface area contributed by atoms with Gasteiger partial charge in [-0.3, -0.25) is 0 Å². The lowest BCUT2D eigenvalue weighted by atomic mass is 10.1. The van der Waals surface area contributed by atoms with Crippen molar-refractivity contribution < 1.29 is 13.7 Å². The minimum absolute atomic E-state index is 0.667. The molecule has 0 atom stereocenters. The van der Waals surface area contributed by atoms with Crippen LogP contribution in [0.5, 0.6) is 11.5 Å². The van der Waals surface area contributed by atoms with E-state index in [2.05, 4.69) is 24.5 Å². The number of nitrogens with one attached hydrogen (secondary N) is 2. The number of rotatable bonds is 14. The molecule has 0 amide bonds. The van der Waals surface area contributed by atoms with Gasteiger partial charge in [0.1, 0.15) is 11.5 Å². The van der Waals surface area contributed by atoms with Crippen LogP contribution in [0.4, 0.5) is 0 Å². The maximum Gasteiger partial charge on any atom is 0.119 e. The first kappa shape index (κ1) is 22.8. The molecule has 2 aromatic carbocycles. The van der Waals surface area contributed by atoms with Gasteiger partial charge in [0.05, 0.1) is 33.8 Å². The zero-order chi connectivity index (χ0) is 21.2. The molecule has 0 fully saturated rings. The van der Waals surface area contributed by atoms with Crippen LogP contribution in [0.3, 0.4) is 0 Å². The Kier molecular flexibility index (Phi) is 9.18. The molecule has 2 N–H and O–H groups in total. The van der Waals surface area contributed by atoms with Crippen LogP contribution in [0.15, 0.2) is 46.2 Å². The maximum atomic E-state index is 12.8. The maximum absolute atomic E-state index is 12.8. The Morgan fingerprint density at radius 3 is 1.63 bits per heavy atom. The number of benzene rings is 2. The normalized spacial score (nSPS) is 12.6. The van der Waals surface area contributed by atoms with Crippen LogP contribution < -0.4 is 20.1 Å². The smallest absolute Gasteiger partial charge is 0.119 e. The molecule has 0 radical (unpaired) electrons. The second-order valence-corrected chi connectivity index (χ2v) is 8.91. The summed E-state index contributed by atoms with van der Waals surface area (Å²) in [5.41, 5.74) is 1.97. The molecule has 0 saturated carbocycles.